The molecule has 0 saturated carbocycles. The van der Waals surface area contributed by atoms with Crippen LogP contribution in [0.4, 0.5) is 10.5 Å². The minimum Gasteiger partial charge on any atom is -0.308 e. The quantitative estimate of drug-likeness (QED) is 0.308. The smallest absolute Gasteiger partial charge is 0.308 e. The topological polar surface area (TPSA) is 55.1 Å². The first-order chi connectivity index (χ1) is 18.1. The van der Waals surface area contributed by atoms with Gasteiger partial charge in [0, 0.05) is 17.4 Å². The molecule has 184 valence electrons. The van der Waals surface area contributed by atoms with Gasteiger partial charge >= 0.3 is 6.03 Å². The van der Waals surface area contributed by atoms with E-state index in [1.807, 2.05) is 71.1 Å². The molecule has 1 atom stereocenters. The van der Waals surface area contributed by atoms with E-state index in [4.69, 9.17) is 5.10 Å². The Balaban J connectivity index is 1.50. The van der Waals surface area contributed by atoms with Gasteiger partial charge in [-0.05, 0) is 60.9 Å². The van der Waals surface area contributed by atoms with Crippen molar-refractivity contribution in [3.05, 3.63) is 131 Å². The zero-order chi connectivity index (χ0) is 25.4. The number of aromatic nitrogens is 3. The highest BCUT2D eigenvalue weighted by molar-refractivity contribution is 5.90. The molecule has 3 aromatic carbocycles. The number of urea groups is 1. The van der Waals surface area contributed by atoms with Crippen molar-refractivity contribution in [2.24, 2.45) is 0 Å². The van der Waals surface area contributed by atoms with E-state index >= 15 is 0 Å². The summed E-state index contributed by atoms with van der Waals surface area (Å²) >= 11 is 0. The number of para-hydroxylation sites is 1. The molecule has 0 spiro atoms. The summed E-state index contributed by atoms with van der Waals surface area (Å²) in [7, 11) is 0. The molecule has 6 heteroatoms. The highest BCUT2D eigenvalue weighted by Crippen LogP contribution is 2.38. The summed E-state index contributed by atoms with van der Waals surface area (Å²) in [5, 5.41) is 8.07. The summed E-state index contributed by atoms with van der Waals surface area (Å²) in [6.45, 7) is 4.57. The predicted molar refractivity (Wildman–Crippen MR) is 146 cm³/mol. The predicted octanol–water partition coefficient (Wildman–Crippen LogP) is 6.67. The van der Waals surface area contributed by atoms with E-state index in [9.17, 15) is 4.79 Å². The van der Waals surface area contributed by atoms with Crippen LogP contribution in [0.15, 0.2) is 103 Å². The van der Waals surface area contributed by atoms with Crippen LogP contribution in [0.2, 0.25) is 0 Å². The lowest BCUT2D eigenvalue weighted by atomic mass is 10.0. The number of rotatable bonds is 4. The highest BCUT2D eigenvalue weighted by Gasteiger charge is 2.35. The van der Waals surface area contributed by atoms with Gasteiger partial charge in [0.05, 0.1) is 29.7 Å². The Morgan fingerprint density at radius 3 is 2.32 bits per heavy atom. The monoisotopic (exact) mass is 487 g/mol. The minimum absolute atomic E-state index is 0.148. The number of nitrogens with one attached hydrogen (secondary N) is 1. The van der Waals surface area contributed by atoms with Crippen LogP contribution < -0.4 is 5.32 Å². The first-order valence-electron chi connectivity index (χ1n) is 12.7. The number of amides is 2. The fourth-order valence-corrected chi connectivity index (χ4v) is 5.15. The van der Waals surface area contributed by atoms with E-state index in [-0.39, 0.29) is 12.1 Å². The Morgan fingerprint density at radius 2 is 1.62 bits per heavy atom. The van der Waals surface area contributed by atoms with Crippen molar-refractivity contribution in [3.8, 4) is 11.5 Å². The number of hydrogen-bond donors (Lipinski definition) is 1. The van der Waals surface area contributed by atoms with E-state index in [0.717, 1.165) is 46.1 Å². The molecular weight excluding hydrogens is 458 g/mol. The van der Waals surface area contributed by atoms with Gasteiger partial charge in [-0.2, -0.15) is 5.10 Å². The minimum atomic E-state index is -0.276. The van der Waals surface area contributed by atoms with Crippen LogP contribution in [0.1, 0.15) is 41.0 Å². The van der Waals surface area contributed by atoms with Gasteiger partial charge in [0.25, 0.3) is 0 Å². The van der Waals surface area contributed by atoms with Crippen LogP contribution in [-0.2, 0) is 13.0 Å². The van der Waals surface area contributed by atoms with Gasteiger partial charge in [0.1, 0.15) is 5.82 Å². The molecule has 6 nitrogen and oxygen atoms in total. The van der Waals surface area contributed by atoms with Gasteiger partial charge in [0.2, 0.25) is 0 Å². The van der Waals surface area contributed by atoms with Crippen molar-refractivity contribution in [2.45, 2.75) is 32.9 Å². The average Bonchev–Trinajstić information content (AvgIpc) is 3.50. The van der Waals surface area contributed by atoms with E-state index in [1.54, 1.807) is 0 Å². The van der Waals surface area contributed by atoms with Crippen molar-refractivity contribution >= 4 is 11.7 Å². The Bertz CT molecular complexity index is 1530. The first-order valence-corrected chi connectivity index (χ1v) is 12.7. The number of carbonyl (C=O) groups excluding carboxylic acids is 1. The number of benzene rings is 3. The summed E-state index contributed by atoms with van der Waals surface area (Å²) in [5.74, 6) is 0.965. The van der Waals surface area contributed by atoms with Crippen molar-refractivity contribution in [1.82, 2.24) is 19.2 Å². The lowest BCUT2D eigenvalue weighted by molar-refractivity contribution is 0.194. The molecule has 1 unspecified atom stereocenters. The molecule has 2 amide bonds. The van der Waals surface area contributed by atoms with E-state index < -0.39 is 0 Å². The number of aryl methyl sites for hydroxylation is 2. The summed E-state index contributed by atoms with van der Waals surface area (Å²) in [6, 6.07) is 32.2. The second-order valence-corrected chi connectivity index (χ2v) is 9.36. The molecule has 0 fully saturated rings. The molecular formula is C31H29N5O. The lowest BCUT2D eigenvalue weighted by Crippen LogP contribution is -2.38. The lowest BCUT2D eigenvalue weighted by Gasteiger charge is -2.31. The molecule has 0 radical (unpaired) electrons. The molecule has 0 aliphatic carbocycles. The van der Waals surface area contributed by atoms with E-state index in [2.05, 4.69) is 65.5 Å². The second-order valence-electron chi connectivity index (χ2n) is 9.36. The maximum Gasteiger partial charge on any atom is 0.322 e. The van der Waals surface area contributed by atoms with Gasteiger partial charge in [0.15, 0.2) is 0 Å². The molecule has 3 heterocycles. The number of anilines is 1. The number of nitrogens with zero attached hydrogens (tertiary/aromatic N) is 4. The van der Waals surface area contributed by atoms with Crippen LogP contribution >= 0.6 is 0 Å². The van der Waals surface area contributed by atoms with Crippen LogP contribution in [0.5, 0.6) is 0 Å². The number of carbonyl (C=O) groups is 1. The van der Waals surface area contributed by atoms with Crippen LogP contribution in [0, 0.1) is 6.92 Å². The average molecular weight is 488 g/mol. The third kappa shape index (κ3) is 4.10. The molecule has 1 aliphatic heterocycles. The standard InChI is InChI=1S/C31H29N5O/c1-3-23-16-18-25(19-17-23)32-31(37)35-21-27-22(2)33-36(26-13-8-5-9-14-26)30(27)34-20-10-15-28(34)29(35)24-11-6-4-7-12-24/h4-20,29H,3,21H2,1-2H3,(H,32,37). The summed E-state index contributed by atoms with van der Waals surface area (Å²) in [5.41, 5.74) is 7.00. The zero-order valence-electron chi connectivity index (χ0n) is 21.0. The summed E-state index contributed by atoms with van der Waals surface area (Å²) in [6.07, 6.45) is 3.02. The maximum absolute atomic E-state index is 14.0. The Morgan fingerprint density at radius 1 is 0.919 bits per heavy atom. The highest BCUT2D eigenvalue weighted by atomic mass is 16.2. The molecule has 2 aromatic heterocycles. The fraction of sp³-hybridized carbons (Fsp3) is 0.161. The normalized spacial score (nSPS) is 14.5. The first kappa shape index (κ1) is 22.9. The van der Waals surface area contributed by atoms with E-state index in [0.29, 0.717) is 6.54 Å². The largest absolute Gasteiger partial charge is 0.322 e. The van der Waals surface area contributed by atoms with Crippen LogP contribution in [-0.4, -0.2) is 25.3 Å². The van der Waals surface area contributed by atoms with Gasteiger partial charge in [-0.25, -0.2) is 9.48 Å². The number of fused-ring (bicyclic) bond motifs is 3. The van der Waals surface area contributed by atoms with Gasteiger partial charge < -0.3 is 14.8 Å². The molecule has 0 saturated heterocycles. The Labute approximate surface area is 216 Å². The maximum atomic E-state index is 14.0. The fourth-order valence-electron chi connectivity index (χ4n) is 5.15. The molecule has 1 N–H and O–H groups in total. The summed E-state index contributed by atoms with van der Waals surface area (Å²) < 4.78 is 4.17. The SMILES string of the molecule is CCc1ccc(NC(=O)N2Cc3c(C)nn(-c4ccccc4)c3-n3cccc3C2c2ccccc2)cc1. The number of hydrogen-bond acceptors (Lipinski definition) is 2. The van der Waals surface area contributed by atoms with Gasteiger partial charge in [-0.3, -0.25) is 0 Å². The van der Waals surface area contributed by atoms with Crippen molar-refractivity contribution in [1.29, 1.82) is 0 Å². The van der Waals surface area contributed by atoms with Crippen LogP contribution in [0.3, 0.4) is 0 Å². The van der Waals surface area contributed by atoms with Crippen molar-refractivity contribution in [3.63, 3.8) is 0 Å². The molecule has 37 heavy (non-hydrogen) atoms. The third-order valence-electron chi connectivity index (χ3n) is 7.08. The molecule has 6 rings (SSSR count). The van der Waals surface area contributed by atoms with Gasteiger partial charge in [-0.1, -0.05) is 67.6 Å². The van der Waals surface area contributed by atoms with E-state index in [1.165, 1.54) is 5.56 Å². The Kier molecular flexibility index (Phi) is 5.85. The van der Waals surface area contributed by atoms with Crippen LogP contribution in [0.25, 0.3) is 11.5 Å². The molecule has 1 aliphatic rings. The third-order valence-corrected chi connectivity index (χ3v) is 7.08. The molecule has 0 bridgehead atoms. The van der Waals surface area contributed by atoms with Crippen molar-refractivity contribution in [2.75, 3.05) is 5.32 Å². The van der Waals surface area contributed by atoms with Gasteiger partial charge in [-0.15, -0.1) is 0 Å². The summed E-state index contributed by atoms with van der Waals surface area (Å²) in [4.78, 5) is 15.9. The zero-order valence-corrected chi connectivity index (χ0v) is 21.0. The molecule has 5 aromatic rings. The van der Waals surface area contributed by atoms with Crippen molar-refractivity contribution < 1.29 is 4.79 Å². The second kappa shape index (κ2) is 9.47. The Hall–Kier alpha value is -4.58.